The molecular formula is C13H19NO4S. The summed E-state index contributed by atoms with van der Waals surface area (Å²) in [5.74, 6) is 0.0474. The van der Waals surface area contributed by atoms with Crippen molar-refractivity contribution in [1.82, 2.24) is 4.72 Å². The Kier molecular flexibility index (Phi) is 3.85. The summed E-state index contributed by atoms with van der Waals surface area (Å²) in [6, 6.07) is 5.39. The van der Waals surface area contributed by atoms with Crippen LogP contribution in [0.15, 0.2) is 29.2 Å². The van der Waals surface area contributed by atoms with Gasteiger partial charge in [0.05, 0.1) is 10.5 Å². The van der Waals surface area contributed by atoms with E-state index in [1.54, 1.807) is 0 Å². The second-order valence-electron chi connectivity index (χ2n) is 5.41. The van der Waals surface area contributed by atoms with Gasteiger partial charge in [0.15, 0.2) is 0 Å². The van der Waals surface area contributed by atoms with Gasteiger partial charge in [0.25, 0.3) is 0 Å². The molecule has 0 radical (unpaired) electrons. The van der Waals surface area contributed by atoms with Crippen molar-refractivity contribution >= 4 is 10.0 Å². The lowest BCUT2D eigenvalue weighted by Crippen LogP contribution is -2.45. The van der Waals surface area contributed by atoms with Gasteiger partial charge in [-0.2, -0.15) is 0 Å². The highest BCUT2D eigenvalue weighted by Gasteiger charge is 2.31. The first-order valence-electron chi connectivity index (χ1n) is 6.24. The van der Waals surface area contributed by atoms with Crippen LogP contribution >= 0.6 is 0 Å². The molecule has 0 aliphatic carbocycles. The van der Waals surface area contributed by atoms with Gasteiger partial charge in [-0.15, -0.1) is 0 Å². The van der Waals surface area contributed by atoms with Crippen LogP contribution in [0.5, 0.6) is 5.75 Å². The van der Waals surface area contributed by atoms with Gasteiger partial charge in [-0.25, -0.2) is 13.1 Å². The lowest BCUT2D eigenvalue weighted by atomic mass is 9.95. The standard InChI is InChI=1S/C13H19NO4S/c1-13(2)9-10(7-8-18-13)14-19(16,17)12-5-3-11(15)4-6-12/h3-6,10,14-15H,7-9H2,1-2H3. The molecule has 0 aromatic heterocycles. The molecule has 1 saturated heterocycles. The maximum absolute atomic E-state index is 12.2. The smallest absolute Gasteiger partial charge is 0.240 e. The van der Waals surface area contributed by atoms with E-state index in [4.69, 9.17) is 4.74 Å². The summed E-state index contributed by atoms with van der Waals surface area (Å²) in [5, 5.41) is 9.18. The summed E-state index contributed by atoms with van der Waals surface area (Å²) >= 11 is 0. The summed E-state index contributed by atoms with van der Waals surface area (Å²) in [5.41, 5.74) is -0.305. The largest absolute Gasteiger partial charge is 0.508 e. The summed E-state index contributed by atoms with van der Waals surface area (Å²) in [6.07, 6.45) is 1.31. The number of phenols is 1. The van der Waals surface area contributed by atoms with Crippen LogP contribution in [-0.4, -0.2) is 31.8 Å². The zero-order valence-electron chi connectivity index (χ0n) is 11.1. The van der Waals surface area contributed by atoms with Gasteiger partial charge in [0.2, 0.25) is 10.0 Å². The fourth-order valence-corrected chi connectivity index (χ4v) is 3.52. The fraction of sp³-hybridized carbons (Fsp3) is 0.538. The molecule has 106 valence electrons. The van der Waals surface area contributed by atoms with Crippen molar-refractivity contribution in [1.29, 1.82) is 0 Å². The number of aromatic hydroxyl groups is 1. The Labute approximate surface area is 113 Å². The summed E-state index contributed by atoms with van der Waals surface area (Å²) in [4.78, 5) is 0.162. The van der Waals surface area contributed by atoms with Crippen molar-refractivity contribution < 1.29 is 18.3 Å². The molecule has 5 nitrogen and oxygen atoms in total. The average molecular weight is 285 g/mol. The van der Waals surface area contributed by atoms with Crippen LogP contribution in [0.3, 0.4) is 0 Å². The lowest BCUT2D eigenvalue weighted by Gasteiger charge is -2.35. The van der Waals surface area contributed by atoms with Crippen molar-refractivity contribution in [2.75, 3.05) is 6.61 Å². The first-order valence-corrected chi connectivity index (χ1v) is 7.72. The number of benzene rings is 1. The summed E-state index contributed by atoms with van der Waals surface area (Å²) in [7, 11) is -3.54. The fourth-order valence-electron chi connectivity index (χ4n) is 2.25. The highest BCUT2D eigenvalue weighted by Crippen LogP contribution is 2.25. The Bertz CT molecular complexity index is 536. The molecule has 2 rings (SSSR count). The van der Waals surface area contributed by atoms with Crippen LogP contribution in [0, 0.1) is 0 Å². The van der Waals surface area contributed by atoms with Crippen molar-refractivity contribution in [2.24, 2.45) is 0 Å². The third-order valence-corrected chi connectivity index (χ3v) is 4.70. The van der Waals surface area contributed by atoms with Crippen LogP contribution in [-0.2, 0) is 14.8 Å². The Morgan fingerprint density at radius 3 is 2.53 bits per heavy atom. The molecule has 1 atom stereocenters. The highest BCUT2D eigenvalue weighted by molar-refractivity contribution is 7.89. The van der Waals surface area contributed by atoms with Crippen LogP contribution in [0.1, 0.15) is 26.7 Å². The van der Waals surface area contributed by atoms with Crippen molar-refractivity contribution in [3.8, 4) is 5.75 Å². The Balaban J connectivity index is 2.11. The summed E-state index contributed by atoms with van der Waals surface area (Å²) < 4.78 is 32.6. The predicted molar refractivity (Wildman–Crippen MR) is 71.5 cm³/mol. The molecule has 1 aliphatic rings. The van der Waals surface area contributed by atoms with Crippen molar-refractivity contribution in [3.05, 3.63) is 24.3 Å². The SMILES string of the molecule is CC1(C)CC(NS(=O)(=O)c2ccc(O)cc2)CCO1. The molecule has 0 saturated carbocycles. The monoisotopic (exact) mass is 285 g/mol. The maximum Gasteiger partial charge on any atom is 0.240 e. The van der Waals surface area contributed by atoms with E-state index < -0.39 is 10.0 Å². The number of hydrogen-bond donors (Lipinski definition) is 2. The highest BCUT2D eigenvalue weighted by atomic mass is 32.2. The van der Waals surface area contributed by atoms with E-state index >= 15 is 0 Å². The van der Waals surface area contributed by atoms with Crippen molar-refractivity contribution in [3.63, 3.8) is 0 Å². The minimum atomic E-state index is -3.54. The molecule has 1 aliphatic heterocycles. The first kappa shape index (κ1) is 14.3. The van der Waals surface area contributed by atoms with E-state index in [2.05, 4.69) is 4.72 Å². The number of ether oxygens (including phenoxy) is 1. The van der Waals surface area contributed by atoms with Gasteiger partial charge in [0, 0.05) is 12.6 Å². The first-order chi connectivity index (χ1) is 8.78. The number of hydrogen-bond acceptors (Lipinski definition) is 4. The molecule has 2 N–H and O–H groups in total. The Morgan fingerprint density at radius 1 is 1.32 bits per heavy atom. The zero-order chi connectivity index (χ0) is 14.1. The average Bonchev–Trinajstić information content (AvgIpc) is 2.27. The number of sulfonamides is 1. The molecule has 0 bridgehead atoms. The van der Waals surface area contributed by atoms with E-state index in [9.17, 15) is 13.5 Å². The van der Waals surface area contributed by atoms with Crippen LogP contribution in [0.2, 0.25) is 0 Å². The van der Waals surface area contributed by atoms with Gasteiger partial charge < -0.3 is 9.84 Å². The van der Waals surface area contributed by atoms with E-state index in [0.717, 1.165) is 0 Å². The van der Waals surface area contributed by atoms with Crippen molar-refractivity contribution in [2.45, 2.75) is 43.2 Å². The van der Waals surface area contributed by atoms with E-state index in [1.807, 2.05) is 13.8 Å². The van der Waals surface area contributed by atoms with Crippen LogP contribution < -0.4 is 4.72 Å². The van der Waals surface area contributed by atoms with E-state index in [0.29, 0.717) is 19.4 Å². The third-order valence-electron chi connectivity index (χ3n) is 3.17. The second-order valence-corrected chi connectivity index (χ2v) is 7.13. The Morgan fingerprint density at radius 2 is 1.95 bits per heavy atom. The molecule has 19 heavy (non-hydrogen) atoms. The minimum absolute atomic E-state index is 0.0474. The lowest BCUT2D eigenvalue weighted by molar-refractivity contribution is -0.0599. The number of nitrogens with one attached hydrogen (secondary N) is 1. The van der Waals surface area contributed by atoms with Crippen LogP contribution in [0.25, 0.3) is 0 Å². The molecule has 6 heteroatoms. The number of phenolic OH excluding ortho intramolecular Hbond substituents is 1. The molecule has 1 unspecified atom stereocenters. The molecule has 1 aromatic carbocycles. The minimum Gasteiger partial charge on any atom is -0.508 e. The van der Waals surface area contributed by atoms with Gasteiger partial charge in [-0.1, -0.05) is 0 Å². The predicted octanol–water partition coefficient (Wildman–Crippen LogP) is 1.63. The second kappa shape index (κ2) is 5.11. The Hall–Kier alpha value is -1.11. The normalized spacial score (nSPS) is 23.2. The molecule has 1 fully saturated rings. The van der Waals surface area contributed by atoms with E-state index in [1.165, 1.54) is 24.3 Å². The third kappa shape index (κ3) is 3.68. The molecular weight excluding hydrogens is 266 g/mol. The van der Waals surface area contributed by atoms with E-state index in [-0.39, 0.29) is 22.3 Å². The maximum atomic E-state index is 12.2. The van der Waals surface area contributed by atoms with Gasteiger partial charge in [-0.3, -0.25) is 0 Å². The topological polar surface area (TPSA) is 75.6 Å². The molecule has 0 spiro atoms. The quantitative estimate of drug-likeness (QED) is 0.885. The molecule has 1 aromatic rings. The number of rotatable bonds is 3. The van der Waals surface area contributed by atoms with Gasteiger partial charge >= 0.3 is 0 Å². The molecule has 0 amide bonds. The van der Waals surface area contributed by atoms with Gasteiger partial charge in [-0.05, 0) is 51.0 Å². The zero-order valence-corrected chi connectivity index (χ0v) is 11.9. The van der Waals surface area contributed by atoms with Crippen LogP contribution in [0.4, 0.5) is 0 Å². The summed E-state index contributed by atoms with van der Waals surface area (Å²) in [6.45, 7) is 4.46. The van der Waals surface area contributed by atoms with Gasteiger partial charge in [0.1, 0.15) is 5.75 Å². The molecule has 1 heterocycles.